The third kappa shape index (κ3) is 3.63. The van der Waals surface area contributed by atoms with Crippen LogP contribution in [0.2, 0.25) is 5.02 Å². The van der Waals surface area contributed by atoms with E-state index in [0.29, 0.717) is 12.0 Å². The van der Waals surface area contributed by atoms with Gasteiger partial charge in [-0.05, 0) is 30.7 Å². The maximum atomic E-state index is 6.01. The van der Waals surface area contributed by atoms with Gasteiger partial charge in [0.25, 0.3) is 0 Å². The minimum Gasteiger partial charge on any atom is -0.370 e. The second-order valence-corrected chi connectivity index (χ2v) is 5.48. The quantitative estimate of drug-likeness (QED) is 0.805. The second-order valence-electron chi connectivity index (χ2n) is 5.05. The molecule has 1 heterocycles. The summed E-state index contributed by atoms with van der Waals surface area (Å²) in [5.74, 6) is 0.628. The smallest absolute Gasteiger partial charge is 0.196 e. The Balaban J connectivity index is 1.99. The minimum atomic E-state index is 0.401. The Morgan fingerprint density at radius 1 is 1.26 bits per heavy atom. The highest BCUT2D eigenvalue weighted by molar-refractivity contribution is 6.30. The van der Waals surface area contributed by atoms with Crippen LogP contribution in [0.4, 0.5) is 5.69 Å². The van der Waals surface area contributed by atoms with Crippen LogP contribution in [0.5, 0.6) is 0 Å². The molecule has 104 valence electrons. The number of anilines is 1. The first-order valence-electron chi connectivity index (χ1n) is 7.07. The predicted molar refractivity (Wildman–Crippen MR) is 83.0 cm³/mol. The highest BCUT2D eigenvalue weighted by Crippen LogP contribution is 2.25. The summed E-state index contributed by atoms with van der Waals surface area (Å²) in [5.41, 5.74) is 7.10. The van der Waals surface area contributed by atoms with Gasteiger partial charge >= 0.3 is 0 Å². The first kappa shape index (κ1) is 14.2. The average molecular weight is 280 g/mol. The predicted octanol–water partition coefficient (Wildman–Crippen LogP) is 3.81. The summed E-state index contributed by atoms with van der Waals surface area (Å²) in [6, 6.07) is 8.22. The van der Waals surface area contributed by atoms with Crippen molar-refractivity contribution in [2.45, 2.75) is 45.1 Å². The average Bonchev–Trinajstić information content (AvgIpc) is 2.77. The van der Waals surface area contributed by atoms with E-state index >= 15 is 0 Å². The van der Waals surface area contributed by atoms with E-state index in [1.54, 1.807) is 0 Å². The maximum absolute atomic E-state index is 6.01. The molecule has 2 N–H and O–H groups in total. The summed E-state index contributed by atoms with van der Waals surface area (Å²) < 4.78 is 0. The van der Waals surface area contributed by atoms with Crippen LogP contribution in [-0.4, -0.2) is 18.5 Å². The molecule has 3 nitrogen and oxygen atoms in total. The van der Waals surface area contributed by atoms with Gasteiger partial charge in [0.05, 0.1) is 12.6 Å². The lowest BCUT2D eigenvalue weighted by atomic mass is 10.1. The van der Waals surface area contributed by atoms with Crippen molar-refractivity contribution in [2.75, 3.05) is 11.4 Å². The highest BCUT2D eigenvalue weighted by Gasteiger charge is 2.26. The molecule has 0 amide bonds. The number of unbranched alkanes of at least 4 members (excludes halogenated alkanes) is 3. The van der Waals surface area contributed by atoms with Gasteiger partial charge in [0.2, 0.25) is 0 Å². The molecule has 0 fully saturated rings. The number of guanidine groups is 1. The van der Waals surface area contributed by atoms with Crippen molar-refractivity contribution in [3.63, 3.8) is 0 Å². The van der Waals surface area contributed by atoms with E-state index in [0.717, 1.165) is 23.7 Å². The van der Waals surface area contributed by atoms with Gasteiger partial charge < -0.3 is 10.6 Å². The fraction of sp³-hybridized carbons (Fsp3) is 0.533. The first-order valence-corrected chi connectivity index (χ1v) is 7.45. The van der Waals surface area contributed by atoms with Crippen LogP contribution in [0.25, 0.3) is 0 Å². The van der Waals surface area contributed by atoms with E-state index in [4.69, 9.17) is 17.3 Å². The van der Waals surface area contributed by atoms with Gasteiger partial charge in [-0.2, -0.15) is 0 Å². The van der Waals surface area contributed by atoms with Crippen LogP contribution in [0, 0.1) is 0 Å². The number of aliphatic imine (C=N–C) groups is 1. The molecule has 0 saturated carbocycles. The second kappa shape index (κ2) is 6.80. The standard InChI is InChI=1S/C15H22ClN3/c1-2-3-4-5-6-14-11-18-15(17)19(14)13-9-7-12(16)8-10-13/h7-10,14H,2-6,11H2,1H3,(H2,17,18). The first-order chi connectivity index (χ1) is 9.22. The van der Waals surface area contributed by atoms with Crippen LogP contribution in [0.1, 0.15) is 39.0 Å². The van der Waals surface area contributed by atoms with Crippen LogP contribution >= 0.6 is 11.6 Å². The Hall–Kier alpha value is -1.22. The molecule has 1 unspecified atom stereocenters. The zero-order valence-corrected chi connectivity index (χ0v) is 12.2. The number of hydrogen-bond donors (Lipinski definition) is 1. The van der Waals surface area contributed by atoms with Crippen molar-refractivity contribution in [3.8, 4) is 0 Å². The third-order valence-electron chi connectivity index (χ3n) is 3.57. The number of halogens is 1. The summed E-state index contributed by atoms with van der Waals surface area (Å²) >= 11 is 5.93. The van der Waals surface area contributed by atoms with Gasteiger partial charge in [-0.3, -0.25) is 4.99 Å². The molecule has 1 aliphatic heterocycles. The third-order valence-corrected chi connectivity index (χ3v) is 3.82. The number of hydrogen-bond acceptors (Lipinski definition) is 3. The summed E-state index contributed by atoms with van der Waals surface area (Å²) in [6.07, 6.45) is 6.26. The van der Waals surface area contributed by atoms with Crippen molar-refractivity contribution in [3.05, 3.63) is 29.3 Å². The maximum Gasteiger partial charge on any atom is 0.196 e. The number of nitrogens with zero attached hydrogens (tertiary/aromatic N) is 2. The van der Waals surface area contributed by atoms with Gasteiger partial charge in [0, 0.05) is 10.7 Å². The molecule has 0 bridgehead atoms. The lowest BCUT2D eigenvalue weighted by Crippen LogP contribution is -2.40. The van der Waals surface area contributed by atoms with Gasteiger partial charge in [-0.25, -0.2) is 0 Å². The van der Waals surface area contributed by atoms with E-state index < -0.39 is 0 Å². The number of nitrogens with two attached hydrogens (primary N) is 1. The Morgan fingerprint density at radius 3 is 2.68 bits per heavy atom. The van der Waals surface area contributed by atoms with Crippen molar-refractivity contribution in [2.24, 2.45) is 10.7 Å². The van der Waals surface area contributed by atoms with Crippen molar-refractivity contribution < 1.29 is 0 Å². The van der Waals surface area contributed by atoms with E-state index in [1.807, 2.05) is 24.3 Å². The number of rotatable bonds is 6. The molecule has 1 aromatic carbocycles. The molecule has 0 saturated heterocycles. The Labute approximate surface area is 120 Å². The molecule has 1 aromatic rings. The summed E-state index contributed by atoms with van der Waals surface area (Å²) in [7, 11) is 0. The van der Waals surface area contributed by atoms with Crippen molar-refractivity contribution in [1.82, 2.24) is 0 Å². The van der Waals surface area contributed by atoms with Crippen LogP contribution in [0.15, 0.2) is 29.3 Å². The SMILES string of the molecule is CCCCCCC1CN=C(N)N1c1ccc(Cl)cc1. The minimum absolute atomic E-state index is 0.401. The molecule has 0 spiro atoms. The number of benzene rings is 1. The van der Waals surface area contributed by atoms with Crippen molar-refractivity contribution >= 4 is 23.2 Å². The lowest BCUT2D eigenvalue weighted by Gasteiger charge is -2.26. The largest absolute Gasteiger partial charge is 0.370 e. The fourth-order valence-corrected chi connectivity index (χ4v) is 2.64. The summed E-state index contributed by atoms with van der Waals surface area (Å²) in [5, 5.41) is 0.748. The Kier molecular flexibility index (Phi) is 5.08. The van der Waals surface area contributed by atoms with Gasteiger partial charge in [-0.15, -0.1) is 0 Å². The zero-order chi connectivity index (χ0) is 13.7. The van der Waals surface area contributed by atoms with E-state index in [2.05, 4.69) is 16.8 Å². The molecule has 2 rings (SSSR count). The normalized spacial score (nSPS) is 18.7. The Morgan fingerprint density at radius 2 is 2.00 bits per heavy atom. The molecular weight excluding hydrogens is 258 g/mol. The molecule has 1 aliphatic rings. The summed E-state index contributed by atoms with van der Waals surface area (Å²) in [6.45, 7) is 3.04. The van der Waals surface area contributed by atoms with E-state index in [1.165, 1.54) is 25.7 Å². The van der Waals surface area contributed by atoms with Gasteiger partial charge in [0.1, 0.15) is 0 Å². The molecule has 0 aromatic heterocycles. The Bertz CT molecular complexity index is 428. The highest BCUT2D eigenvalue weighted by atomic mass is 35.5. The molecule has 1 atom stereocenters. The topological polar surface area (TPSA) is 41.6 Å². The zero-order valence-electron chi connectivity index (χ0n) is 11.5. The van der Waals surface area contributed by atoms with E-state index in [9.17, 15) is 0 Å². The molecule has 19 heavy (non-hydrogen) atoms. The molecule has 0 aliphatic carbocycles. The molecule has 4 heteroatoms. The fourth-order valence-electron chi connectivity index (χ4n) is 2.52. The molecule has 0 radical (unpaired) electrons. The van der Waals surface area contributed by atoms with Gasteiger partial charge in [0.15, 0.2) is 5.96 Å². The lowest BCUT2D eigenvalue weighted by molar-refractivity contribution is 0.565. The van der Waals surface area contributed by atoms with Crippen LogP contribution in [0.3, 0.4) is 0 Å². The monoisotopic (exact) mass is 279 g/mol. The summed E-state index contributed by atoms with van der Waals surface area (Å²) in [4.78, 5) is 6.53. The van der Waals surface area contributed by atoms with Crippen molar-refractivity contribution in [1.29, 1.82) is 0 Å². The molecular formula is C15H22ClN3. The van der Waals surface area contributed by atoms with E-state index in [-0.39, 0.29) is 0 Å². The van der Waals surface area contributed by atoms with Crippen LogP contribution in [-0.2, 0) is 0 Å². The van der Waals surface area contributed by atoms with Gasteiger partial charge in [-0.1, -0.05) is 44.2 Å². The van der Waals surface area contributed by atoms with Crippen LogP contribution < -0.4 is 10.6 Å².